The molecule has 0 saturated heterocycles. The zero-order valence-electron chi connectivity index (χ0n) is 13.1. The highest BCUT2D eigenvalue weighted by molar-refractivity contribution is 5.94. The van der Waals surface area contributed by atoms with E-state index in [1.54, 1.807) is 24.4 Å². The number of carbonyl (C=O) groups is 1. The Kier molecular flexibility index (Phi) is 3.54. The van der Waals surface area contributed by atoms with E-state index in [4.69, 9.17) is 0 Å². The van der Waals surface area contributed by atoms with Gasteiger partial charge in [-0.25, -0.2) is 0 Å². The number of ketones is 1. The number of anilines is 1. The molecule has 1 N–H and O–H groups in total. The number of allylic oxidation sites excluding steroid dienone is 1. The molecular formula is C21H17NO2. The quantitative estimate of drug-likeness (QED) is 0.752. The maximum absolute atomic E-state index is 12.1. The third-order valence-corrected chi connectivity index (χ3v) is 4.49. The average molecular weight is 315 g/mol. The van der Waals surface area contributed by atoms with Gasteiger partial charge in [0, 0.05) is 12.6 Å². The molecule has 0 bridgehead atoms. The van der Waals surface area contributed by atoms with E-state index in [1.807, 2.05) is 35.2 Å². The van der Waals surface area contributed by atoms with Gasteiger partial charge in [0.1, 0.15) is 5.75 Å². The summed E-state index contributed by atoms with van der Waals surface area (Å²) >= 11 is 0. The molecule has 0 amide bonds. The van der Waals surface area contributed by atoms with Crippen LogP contribution in [0.25, 0.3) is 10.8 Å². The highest BCUT2D eigenvalue weighted by Gasteiger charge is 2.27. The summed E-state index contributed by atoms with van der Waals surface area (Å²) in [5, 5.41) is 12.5. The number of phenolic OH excluding ortho intramolecular Hbond substituents is 1. The number of carbonyl (C=O) groups excluding carboxylic acids is 1. The van der Waals surface area contributed by atoms with Crippen LogP contribution in [0, 0.1) is 0 Å². The summed E-state index contributed by atoms with van der Waals surface area (Å²) in [6, 6.07) is 21.4. The Hall–Kier alpha value is -3.07. The van der Waals surface area contributed by atoms with E-state index in [0.717, 1.165) is 16.3 Å². The van der Waals surface area contributed by atoms with Gasteiger partial charge in [0.15, 0.2) is 5.78 Å². The molecule has 0 aliphatic carbocycles. The minimum Gasteiger partial charge on any atom is -0.506 e. The second kappa shape index (κ2) is 5.85. The van der Waals surface area contributed by atoms with Crippen molar-refractivity contribution < 1.29 is 9.90 Å². The Labute approximate surface area is 140 Å². The number of benzene rings is 3. The SMILES string of the molecule is O=C1C=CN(c2ccccc2O)[C@H](c2cccc3ccccc23)C1. The molecule has 1 heterocycles. The third-order valence-electron chi connectivity index (χ3n) is 4.49. The van der Waals surface area contributed by atoms with Crippen LogP contribution in [0.15, 0.2) is 79.0 Å². The number of aromatic hydroxyl groups is 1. The fourth-order valence-corrected chi connectivity index (χ4v) is 3.36. The fourth-order valence-electron chi connectivity index (χ4n) is 3.36. The van der Waals surface area contributed by atoms with E-state index in [-0.39, 0.29) is 17.6 Å². The van der Waals surface area contributed by atoms with E-state index in [2.05, 4.69) is 24.3 Å². The predicted molar refractivity (Wildman–Crippen MR) is 96.0 cm³/mol. The monoisotopic (exact) mass is 315 g/mol. The summed E-state index contributed by atoms with van der Waals surface area (Å²) in [5.41, 5.74) is 1.80. The zero-order chi connectivity index (χ0) is 16.5. The first-order chi connectivity index (χ1) is 11.7. The number of rotatable bonds is 2. The molecule has 3 aromatic carbocycles. The zero-order valence-corrected chi connectivity index (χ0v) is 13.1. The number of hydrogen-bond acceptors (Lipinski definition) is 3. The lowest BCUT2D eigenvalue weighted by molar-refractivity contribution is -0.115. The van der Waals surface area contributed by atoms with Crippen LogP contribution in [-0.4, -0.2) is 10.9 Å². The second-order valence-electron chi connectivity index (χ2n) is 5.97. The van der Waals surface area contributed by atoms with Crippen LogP contribution in [0.4, 0.5) is 5.69 Å². The van der Waals surface area contributed by atoms with Crippen LogP contribution in [0.5, 0.6) is 5.75 Å². The Morgan fingerprint density at radius 1 is 0.917 bits per heavy atom. The Bertz CT molecular complexity index is 940. The third kappa shape index (κ3) is 2.44. The molecule has 1 aliphatic rings. The lowest BCUT2D eigenvalue weighted by atomic mass is 9.92. The summed E-state index contributed by atoms with van der Waals surface area (Å²) in [5.74, 6) is 0.307. The Balaban J connectivity index is 1.89. The summed E-state index contributed by atoms with van der Waals surface area (Å²) in [4.78, 5) is 14.1. The summed E-state index contributed by atoms with van der Waals surface area (Å²) in [6.45, 7) is 0. The van der Waals surface area contributed by atoms with Crippen LogP contribution in [0.3, 0.4) is 0 Å². The average Bonchev–Trinajstić information content (AvgIpc) is 2.62. The van der Waals surface area contributed by atoms with Gasteiger partial charge in [-0.2, -0.15) is 0 Å². The van der Waals surface area contributed by atoms with Crippen LogP contribution in [0.2, 0.25) is 0 Å². The molecule has 1 atom stereocenters. The number of nitrogens with zero attached hydrogens (tertiary/aromatic N) is 1. The number of phenols is 1. The normalized spacial score (nSPS) is 17.4. The summed E-state index contributed by atoms with van der Waals surface area (Å²) in [6.07, 6.45) is 3.74. The van der Waals surface area contributed by atoms with Crippen LogP contribution in [-0.2, 0) is 4.79 Å². The summed E-state index contributed by atoms with van der Waals surface area (Å²) in [7, 11) is 0. The van der Waals surface area contributed by atoms with Gasteiger partial charge in [-0.3, -0.25) is 4.79 Å². The van der Waals surface area contributed by atoms with Crippen molar-refractivity contribution >= 4 is 22.2 Å². The maximum atomic E-state index is 12.1. The van der Waals surface area contributed by atoms with Crippen molar-refractivity contribution in [3.63, 3.8) is 0 Å². The highest BCUT2D eigenvalue weighted by Crippen LogP contribution is 2.39. The molecule has 0 fully saturated rings. The fraction of sp³-hybridized carbons (Fsp3) is 0.0952. The first-order valence-electron chi connectivity index (χ1n) is 7.99. The minimum absolute atomic E-state index is 0.0969. The lowest BCUT2D eigenvalue weighted by Gasteiger charge is -2.34. The van der Waals surface area contributed by atoms with Gasteiger partial charge in [0.2, 0.25) is 0 Å². The molecular weight excluding hydrogens is 298 g/mol. The molecule has 1 aliphatic heterocycles. The van der Waals surface area contributed by atoms with Crippen LogP contribution < -0.4 is 4.90 Å². The molecule has 118 valence electrons. The molecule has 4 rings (SSSR count). The molecule has 3 heteroatoms. The molecule has 0 spiro atoms. The van der Waals surface area contributed by atoms with Crippen LogP contribution >= 0.6 is 0 Å². The maximum Gasteiger partial charge on any atom is 0.159 e. The first-order valence-corrected chi connectivity index (χ1v) is 7.99. The molecule has 3 nitrogen and oxygen atoms in total. The van der Waals surface area contributed by atoms with Gasteiger partial charge < -0.3 is 10.0 Å². The van der Waals surface area contributed by atoms with Crippen molar-refractivity contribution in [1.82, 2.24) is 0 Å². The van der Waals surface area contributed by atoms with Crippen molar-refractivity contribution in [3.8, 4) is 5.75 Å². The van der Waals surface area contributed by atoms with Gasteiger partial charge in [-0.05, 0) is 34.5 Å². The highest BCUT2D eigenvalue weighted by atomic mass is 16.3. The molecule has 0 unspecified atom stereocenters. The van der Waals surface area contributed by atoms with E-state index in [9.17, 15) is 9.90 Å². The number of fused-ring (bicyclic) bond motifs is 1. The van der Waals surface area contributed by atoms with Gasteiger partial charge in [0.25, 0.3) is 0 Å². The molecule has 0 radical (unpaired) electrons. The van der Waals surface area contributed by atoms with Crippen molar-refractivity contribution in [3.05, 3.63) is 84.6 Å². The van der Waals surface area contributed by atoms with Gasteiger partial charge in [0.05, 0.1) is 11.7 Å². The predicted octanol–water partition coefficient (Wildman–Crippen LogP) is 4.58. The number of hydrogen-bond donors (Lipinski definition) is 1. The van der Waals surface area contributed by atoms with E-state index in [1.165, 1.54) is 0 Å². The Morgan fingerprint density at radius 3 is 2.54 bits per heavy atom. The van der Waals surface area contributed by atoms with E-state index < -0.39 is 0 Å². The molecule has 0 saturated carbocycles. The topological polar surface area (TPSA) is 40.5 Å². The van der Waals surface area contributed by atoms with Crippen LogP contribution in [0.1, 0.15) is 18.0 Å². The standard InChI is InChI=1S/C21H17NO2/c23-16-12-13-22(19-10-3-4-11-21(19)24)20(14-16)18-9-5-7-15-6-1-2-8-17(15)18/h1-13,20,24H,14H2/t20-/m0/s1. The Morgan fingerprint density at radius 2 is 1.67 bits per heavy atom. The van der Waals surface area contributed by atoms with Crippen molar-refractivity contribution in [1.29, 1.82) is 0 Å². The van der Waals surface area contributed by atoms with Crippen molar-refractivity contribution in [2.75, 3.05) is 4.90 Å². The molecule has 0 aromatic heterocycles. The first kappa shape index (κ1) is 14.5. The van der Waals surface area contributed by atoms with Gasteiger partial charge in [-0.1, -0.05) is 54.6 Å². The molecule has 3 aromatic rings. The van der Waals surface area contributed by atoms with Gasteiger partial charge in [-0.15, -0.1) is 0 Å². The summed E-state index contributed by atoms with van der Waals surface area (Å²) < 4.78 is 0. The van der Waals surface area contributed by atoms with Crippen molar-refractivity contribution in [2.45, 2.75) is 12.5 Å². The largest absolute Gasteiger partial charge is 0.506 e. The smallest absolute Gasteiger partial charge is 0.159 e. The van der Waals surface area contributed by atoms with Crippen molar-refractivity contribution in [2.24, 2.45) is 0 Å². The number of para-hydroxylation sites is 2. The minimum atomic E-state index is -0.137. The van der Waals surface area contributed by atoms with Gasteiger partial charge >= 0.3 is 0 Å². The lowest BCUT2D eigenvalue weighted by Crippen LogP contribution is -2.29. The molecule has 24 heavy (non-hydrogen) atoms. The van der Waals surface area contributed by atoms with E-state index >= 15 is 0 Å². The van der Waals surface area contributed by atoms with E-state index in [0.29, 0.717) is 12.1 Å². The second-order valence-corrected chi connectivity index (χ2v) is 5.97.